The molecule has 6 nitrogen and oxygen atoms in total. The standard InChI is InChI=1S/C9H8F3NO5/c1-18-6-3-4(13(16)17)2-5(7(6)14)8(15)9(10,11)12/h2-3,8,14-15H,1H3. The zero-order chi connectivity index (χ0) is 14.1. The molecule has 9 heteroatoms. The Morgan fingerprint density at radius 3 is 2.39 bits per heavy atom. The second kappa shape index (κ2) is 4.69. The molecule has 0 heterocycles. The molecular formula is C9H8F3NO5. The third-order valence-electron chi connectivity index (χ3n) is 2.12. The maximum atomic E-state index is 12.3. The molecule has 0 radical (unpaired) electrons. The summed E-state index contributed by atoms with van der Waals surface area (Å²) in [7, 11) is 1.02. The number of aliphatic hydroxyl groups is 1. The van der Waals surface area contributed by atoms with Crippen molar-refractivity contribution in [2.75, 3.05) is 7.11 Å². The van der Waals surface area contributed by atoms with Gasteiger partial charge in [0.15, 0.2) is 17.6 Å². The van der Waals surface area contributed by atoms with Crippen LogP contribution in [0.15, 0.2) is 12.1 Å². The molecule has 1 aromatic rings. The van der Waals surface area contributed by atoms with E-state index in [-0.39, 0.29) is 0 Å². The Labute approximate surface area is 98.4 Å². The molecule has 1 atom stereocenters. The summed E-state index contributed by atoms with van der Waals surface area (Å²) in [6.45, 7) is 0. The number of aromatic hydroxyl groups is 1. The van der Waals surface area contributed by atoms with Gasteiger partial charge in [-0.2, -0.15) is 13.2 Å². The fourth-order valence-electron chi connectivity index (χ4n) is 1.26. The van der Waals surface area contributed by atoms with Gasteiger partial charge < -0.3 is 14.9 Å². The summed E-state index contributed by atoms with van der Waals surface area (Å²) in [5, 5.41) is 28.9. The van der Waals surface area contributed by atoms with E-state index in [0.717, 1.165) is 13.2 Å². The molecule has 0 saturated heterocycles. The van der Waals surface area contributed by atoms with E-state index in [1.54, 1.807) is 0 Å². The molecular weight excluding hydrogens is 259 g/mol. The number of hydrogen-bond donors (Lipinski definition) is 2. The lowest BCUT2D eigenvalue weighted by Crippen LogP contribution is -2.20. The van der Waals surface area contributed by atoms with Gasteiger partial charge >= 0.3 is 6.18 Å². The van der Waals surface area contributed by atoms with Gasteiger partial charge in [0.05, 0.1) is 18.1 Å². The van der Waals surface area contributed by atoms with Crippen molar-refractivity contribution < 1.29 is 33.0 Å². The number of nitro benzene ring substituents is 1. The molecule has 0 fully saturated rings. The second-order valence-corrected chi connectivity index (χ2v) is 3.29. The predicted molar refractivity (Wildman–Crippen MR) is 52.3 cm³/mol. The van der Waals surface area contributed by atoms with E-state index in [2.05, 4.69) is 4.74 Å². The number of phenolic OH excluding ortho intramolecular Hbond substituents is 1. The number of aliphatic hydroxyl groups excluding tert-OH is 1. The van der Waals surface area contributed by atoms with Gasteiger partial charge in [0.2, 0.25) is 0 Å². The average Bonchev–Trinajstić information content (AvgIpc) is 2.26. The van der Waals surface area contributed by atoms with E-state index < -0.39 is 40.0 Å². The van der Waals surface area contributed by atoms with Gasteiger partial charge in [0, 0.05) is 11.6 Å². The van der Waals surface area contributed by atoms with Gasteiger partial charge in [-0.25, -0.2) is 0 Å². The van der Waals surface area contributed by atoms with Crippen LogP contribution in [0.2, 0.25) is 0 Å². The van der Waals surface area contributed by atoms with Crippen LogP contribution in [0.5, 0.6) is 11.5 Å². The van der Waals surface area contributed by atoms with Crippen molar-refractivity contribution in [1.82, 2.24) is 0 Å². The van der Waals surface area contributed by atoms with Gasteiger partial charge in [-0.3, -0.25) is 10.1 Å². The highest BCUT2D eigenvalue weighted by molar-refractivity contribution is 5.54. The molecule has 1 unspecified atom stereocenters. The van der Waals surface area contributed by atoms with E-state index >= 15 is 0 Å². The molecule has 0 aliphatic carbocycles. The van der Waals surface area contributed by atoms with Crippen molar-refractivity contribution in [1.29, 1.82) is 0 Å². The first-order valence-electron chi connectivity index (χ1n) is 4.48. The van der Waals surface area contributed by atoms with Gasteiger partial charge in [0.25, 0.3) is 5.69 Å². The molecule has 18 heavy (non-hydrogen) atoms. The number of hydrogen-bond acceptors (Lipinski definition) is 5. The van der Waals surface area contributed by atoms with E-state index in [1.807, 2.05) is 0 Å². The highest BCUT2D eigenvalue weighted by Gasteiger charge is 2.42. The number of rotatable bonds is 3. The smallest absolute Gasteiger partial charge is 0.418 e. The number of halogens is 3. The Bertz CT molecular complexity index is 474. The monoisotopic (exact) mass is 267 g/mol. The lowest BCUT2D eigenvalue weighted by atomic mass is 10.1. The Kier molecular flexibility index (Phi) is 3.65. The minimum Gasteiger partial charge on any atom is -0.504 e. The summed E-state index contributed by atoms with van der Waals surface area (Å²) >= 11 is 0. The molecule has 0 amide bonds. The van der Waals surface area contributed by atoms with Crippen molar-refractivity contribution in [2.24, 2.45) is 0 Å². The Morgan fingerprint density at radius 1 is 1.44 bits per heavy atom. The average molecular weight is 267 g/mol. The maximum absolute atomic E-state index is 12.3. The fourth-order valence-corrected chi connectivity index (χ4v) is 1.26. The van der Waals surface area contributed by atoms with Crippen molar-refractivity contribution in [3.8, 4) is 11.5 Å². The third-order valence-corrected chi connectivity index (χ3v) is 2.12. The van der Waals surface area contributed by atoms with Crippen LogP contribution >= 0.6 is 0 Å². The SMILES string of the molecule is COc1cc([N+](=O)[O-])cc(C(O)C(F)(F)F)c1O. The quantitative estimate of drug-likeness (QED) is 0.644. The molecule has 0 saturated carbocycles. The fraction of sp³-hybridized carbons (Fsp3) is 0.333. The second-order valence-electron chi connectivity index (χ2n) is 3.29. The normalized spacial score (nSPS) is 13.2. The van der Waals surface area contributed by atoms with Crippen LogP contribution in [-0.2, 0) is 0 Å². The lowest BCUT2D eigenvalue weighted by Gasteiger charge is -2.17. The van der Waals surface area contributed by atoms with Gasteiger partial charge in [-0.05, 0) is 0 Å². The molecule has 0 bridgehead atoms. The number of methoxy groups -OCH3 is 1. The highest BCUT2D eigenvalue weighted by Crippen LogP contribution is 2.43. The first kappa shape index (κ1) is 14.0. The summed E-state index contributed by atoms with van der Waals surface area (Å²) < 4.78 is 41.4. The van der Waals surface area contributed by atoms with E-state index in [1.165, 1.54) is 0 Å². The van der Waals surface area contributed by atoms with Gasteiger partial charge in [-0.15, -0.1) is 0 Å². The number of phenols is 1. The number of nitro groups is 1. The summed E-state index contributed by atoms with van der Waals surface area (Å²) in [6, 6.07) is 1.19. The molecule has 1 aromatic carbocycles. The zero-order valence-electron chi connectivity index (χ0n) is 8.93. The number of benzene rings is 1. The Balaban J connectivity index is 3.42. The first-order valence-corrected chi connectivity index (χ1v) is 4.48. The van der Waals surface area contributed by atoms with Crippen molar-refractivity contribution in [3.05, 3.63) is 27.8 Å². The van der Waals surface area contributed by atoms with Gasteiger partial charge in [0.1, 0.15) is 0 Å². The molecule has 1 rings (SSSR count). The molecule has 0 aromatic heterocycles. The first-order chi connectivity index (χ1) is 8.18. The van der Waals surface area contributed by atoms with Crippen LogP contribution in [0.25, 0.3) is 0 Å². The largest absolute Gasteiger partial charge is 0.504 e. The Morgan fingerprint density at radius 2 is 2.00 bits per heavy atom. The van der Waals surface area contributed by atoms with Crippen molar-refractivity contribution >= 4 is 5.69 Å². The van der Waals surface area contributed by atoms with Gasteiger partial charge in [-0.1, -0.05) is 0 Å². The number of nitrogens with zero attached hydrogens (tertiary/aromatic N) is 1. The summed E-state index contributed by atoms with van der Waals surface area (Å²) in [5.74, 6) is -1.52. The lowest BCUT2D eigenvalue weighted by molar-refractivity contribution is -0.385. The molecule has 100 valence electrons. The summed E-state index contributed by atoms with van der Waals surface area (Å²) in [4.78, 5) is 9.55. The maximum Gasteiger partial charge on any atom is 0.418 e. The topological polar surface area (TPSA) is 92.8 Å². The minimum atomic E-state index is -5.06. The summed E-state index contributed by atoms with van der Waals surface area (Å²) in [5.41, 5.74) is -1.77. The molecule has 2 N–H and O–H groups in total. The van der Waals surface area contributed by atoms with E-state index in [9.17, 15) is 28.4 Å². The zero-order valence-corrected chi connectivity index (χ0v) is 8.93. The number of ether oxygens (including phenoxy) is 1. The van der Waals surface area contributed by atoms with Crippen LogP contribution in [-0.4, -0.2) is 28.4 Å². The predicted octanol–water partition coefficient (Wildman–Crippen LogP) is 1.90. The summed E-state index contributed by atoms with van der Waals surface area (Å²) in [6.07, 6.45) is -8.09. The molecule has 0 aliphatic rings. The van der Waals surface area contributed by atoms with Crippen molar-refractivity contribution in [2.45, 2.75) is 12.3 Å². The molecule has 0 aliphatic heterocycles. The third kappa shape index (κ3) is 2.62. The molecule has 0 spiro atoms. The number of non-ortho nitro benzene ring substituents is 1. The highest BCUT2D eigenvalue weighted by atomic mass is 19.4. The van der Waals surface area contributed by atoms with Crippen molar-refractivity contribution in [3.63, 3.8) is 0 Å². The van der Waals surface area contributed by atoms with E-state index in [4.69, 9.17) is 5.11 Å². The van der Waals surface area contributed by atoms with Crippen LogP contribution in [0.1, 0.15) is 11.7 Å². The number of alkyl halides is 3. The van der Waals surface area contributed by atoms with Crippen LogP contribution in [0, 0.1) is 10.1 Å². The van der Waals surface area contributed by atoms with Crippen LogP contribution < -0.4 is 4.74 Å². The minimum absolute atomic E-state index is 0.440. The van der Waals surface area contributed by atoms with Crippen LogP contribution in [0.4, 0.5) is 18.9 Å². The van der Waals surface area contributed by atoms with Crippen LogP contribution in [0.3, 0.4) is 0 Å². The van der Waals surface area contributed by atoms with E-state index in [0.29, 0.717) is 6.07 Å². The Hall–Kier alpha value is -2.03.